The lowest BCUT2D eigenvalue weighted by atomic mass is 10.3. The van der Waals surface area contributed by atoms with E-state index in [0.717, 1.165) is 26.3 Å². The van der Waals surface area contributed by atoms with Crippen LogP contribution in [0.1, 0.15) is 13.8 Å². The highest BCUT2D eigenvalue weighted by Gasteiger charge is 2.28. The van der Waals surface area contributed by atoms with E-state index in [0.29, 0.717) is 6.67 Å². The molecule has 0 saturated carbocycles. The number of aliphatic carboxylic acids is 1. The minimum Gasteiger partial charge on any atom is -0.476 e. The van der Waals surface area contributed by atoms with E-state index in [1.165, 1.54) is 0 Å². The van der Waals surface area contributed by atoms with Crippen LogP contribution >= 0.6 is 0 Å². The smallest absolute Gasteiger partial charge is 0.355 e. The van der Waals surface area contributed by atoms with E-state index in [1.807, 2.05) is 13.8 Å². The summed E-state index contributed by atoms with van der Waals surface area (Å²) in [4.78, 5) is 13.4. The second-order valence-corrected chi connectivity index (χ2v) is 4.72. The van der Waals surface area contributed by atoms with Gasteiger partial charge in [0, 0.05) is 19.1 Å². The van der Waals surface area contributed by atoms with Crippen molar-refractivity contribution in [2.75, 3.05) is 33.0 Å². The lowest BCUT2D eigenvalue weighted by Crippen LogP contribution is -2.50. The average Bonchev–Trinajstić information content (AvgIpc) is 2.74. The Kier molecular flexibility index (Phi) is 4.05. The van der Waals surface area contributed by atoms with Crippen molar-refractivity contribution in [2.45, 2.75) is 19.9 Å². The molecule has 0 bridgehead atoms. The van der Waals surface area contributed by atoms with Crippen LogP contribution in [0.5, 0.6) is 0 Å². The summed E-state index contributed by atoms with van der Waals surface area (Å²) in [5.41, 5.74) is 3.36. The molecule has 0 aliphatic carbocycles. The van der Waals surface area contributed by atoms with Gasteiger partial charge in [-0.1, -0.05) is 0 Å². The Hall–Kier alpha value is -1.31. The van der Waals surface area contributed by atoms with Crippen LogP contribution < -0.4 is 5.53 Å². The Morgan fingerprint density at radius 2 is 2.17 bits per heavy atom. The zero-order valence-electron chi connectivity index (χ0n) is 10.8. The highest BCUT2D eigenvalue weighted by Crippen LogP contribution is 2.15. The average molecular weight is 256 g/mol. The molecule has 0 unspecified atom stereocenters. The monoisotopic (exact) mass is 256 g/mol. The molecule has 0 radical (unpaired) electrons. The summed E-state index contributed by atoms with van der Waals surface area (Å²) in [7, 11) is 0. The Bertz CT molecular complexity index is 339. The van der Waals surface area contributed by atoms with Crippen molar-refractivity contribution in [2.24, 2.45) is 0 Å². The number of hydrogen-bond acceptors (Lipinski definition) is 6. The molecule has 2 aliphatic heterocycles. The maximum Gasteiger partial charge on any atom is 0.355 e. The van der Waals surface area contributed by atoms with Crippen molar-refractivity contribution in [1.82, 2.24) is 20.5 Å². The molecule has 1 saturated heterocycles. The molecule has 2 rings (SSSR count). The van der Waals surface area contributed by atoms with Gasteiger partial charge in [0.1, 0.15) is 0 Å². The number of hydrogen-bond donors (Lipinski definition) is 2. The van der Waals surface area contributed by atoms with Crippen LogP contribution in [0.25, 0.3) is 0 Å². The number of nitrogens with zero attached hydrogens (tertiary/aromatic N) is 3. The summed E-state index contributed by atoms with van der Waals surface area (Å²) >= 11 is 0. The van der Waals surface area contributed by atoms with Gasteiger partial charge in [-0.25, -0.2) is 4.79 Å². The fourth-order valence-electron chi connectivity index (χ4n) is 2.01. The highest BCUT2D eigenvalue weighted by molar-refractivity contribution is 5.86. The lowest BCUT2D eigenvalue weighted by Gasteiger charge is -2.32. The van der Waals surface area contributed by atoms with Crippen molar-refractivity contribution < 1.29 is 14.6 Å². The van der Waals surface area contributed by atoms with Gasteiger partial charge in [-0.3, -0.25) is 14.9 Å². The molecule has 0 amide bonds. The molecule has 2 aliphatic rings. The lowest BCUT2D eigenvalue weighted by molar-refractivity contribution is -0.135. The largest absolute Gasteiger partial charge is 0.476 e. The summed E-state index contributed by atoms with van der Waals surface area (Å²) in [6.45, 7) is 7.76. The molecule has 1 fully saturated rings. The van der Waals surface area contributed by atoms with Crippen LogP contribution in [-0.2, 0) is 9.53 Å². The van der Waals surface area contributed by atoms with Crippen molar-refractivity contribution in [1.29, 1.82) is 0 Å². The fourth-order valence-corrected chi connectivity index (χ4v) is 2.01. The molecule has 0 atom stereocenters. The molecular formula is C11H20N4O3. The van der Waals surface area contributed by atoms with Crippen LogP contribution in [0.15, 0.2) is 11.9 Å². The molecule has 7 heteroatoms. The van der Waals surface area contributed by atoms with Gasteiger partial charge in [0.25, 0.3) is 0 Å². The third-order valence-corrected chi connectivity index (χ3v) is 2.97. The minimum absolute atomic E-state index is 0.0852. The summed E-state index contributed by atoms with van der Waals surface area (Å²) in [5.74, 6) is -0.916. The molecule has 18 heavy (non-hydrogen) atoms. The third kappa shape index (κ3) is 2.92. The van der Waals surface area contributed by atoms with Crippen LogP contribution in [0.4, 0.5) is 0 Å². The normalized spacial score (nSPS) is 21.6. The van der Waals surface area contributed by atoms with Crippen molar-refractivity contribution >= 4 is 5.97 Å². The van der Waals surface area contributed by atoms with Gasteiger partial charge in [-0.2, -0.15) is 0 Å². The number of morpholine rings is 1. The van der Waals surface area contributed by atoms with E-state index in [4.69, 9.17) is 9.84 Å². The number of carboxylic acids is 1. The number of ether oxygens (including phenoxy) is 1. The van der Waals surface area contributed by atoms with E-state index in [1.54, 1.807) is 16.2 Å². The second-order valence-electron chi connectivity index (χ2n) is 4.72. The second kappa shape index (κ2) is 5.55. The Labute approximate surface area is 107 Å². The first-order valence-electron chi connectivity index (χ1n) is 6.15. The SMILES string of the molecule is CC(C)N1NN(CN2CCOCC2)C=C1C(=O)O. The molecule has 0 aromatic rings. The first-order valence-corrected chi connectivity index (χ1v) is 6.15. The van der Waals surface area contributed by atoms with Gasteiger partial charge in [-0.15, -0.1) is 5.53 Å². The van der Waals surface area contributed by atoms with Gasteiger partial charge in [0.15, 0.2) is 5.70 Å². The Morgan fingerprint density at radius 3 is 2.67 bits per heavy atom. The van der Waals surface area contributed by atoms with E-state index in [2.05, 4.69) is 10.4 Å². The van der Waals surface area contributed by atoms with Crippen LogP contribution in [0.2, 0.25) is 0 Å². The molecule has 2 heterocycles. The number of nitrogens with one attached hydrogen (secondary N) is 1. The van der Waals surface area contributed by atoms with Crippen molar-refractivity contribution in [3.05, 3.63) is 11.9 Å². The van der Waals surface area contributed by atoms with Gasteiger partial charge < -0.3 is 9.84 Å². The summed E-state index contributed by atoms with van der Waals surface area (Å²) in [5, 5.41) is 12.6. The molecule has 2 N–H and O–H groups in total. The molecule has 7 nitrogen and oxygen atoms in total. The first-order chi connectivity index (χ1) is 8.58. The van der Waals surface area contributed by atoms with E-state index >= 15 is 0 Å². The van der Waals surface area contributed by atoms with Crippen LogP contribution in [0.3, 0.4) is 0 Å². The zero-order valence-corrected chi connectivity index (χ0v) is 10.8. The number of carbonyl (C=O) groups is 1. The van der Waals surface area contributed by atoms with Crippen LogP contribution in [0, 0.1) is 0 Å². The predicted octanol–water partition coefficient (Wildman–Crippen LogP) is -0.352. The minimum atomic E-state index is -0.916. The van der Waals surface area contributed by atoms with Gasteiger partial charge in [0.2, 0.25) is 0 Å². The quantitative estimate of drug-likeness (QED) is 0.712. The van der Waals surface area contributed by atoms with E-state index in [9.17, 15) is 4.79 Å². The number of carboxylic acid groups (broad SMARTS) is 1. The molecular weight excluding hydrogens is 236 g/mol. The van der Waals surface area contributed by atoms with E-state index < -0.39 is 5.97 Å². The topological polar surface area (TPSA) is 68.3 Å². The standard InChI is InChI=1S/C11H20N4O3/c1-9(2)15-10(11(16)17)7-14(12-15)8-13-3-5-18-6-4-13/h7,9,12H,3-6,8H2,1-2H3,(H,16,17). The van der Waals surface area contributed by atoms with Gasteiger partial charge in [0.05, 0.1) is 26.1 Å². The first kappa shape index (κ1) is 13.1. The van der Waals surface area contributed by atoms with Crippen LogP contribution in [-0.4, -0.2) is 65.0 Å². The predicted molar refractivity (Wildman–Crippen MR) is 64.9 cm³/mol. The van der Waals surface area contributed by atoms with Crippen molar-refractivity contribution in [3.8, 4) is 0 Å². The van der Waals surface area contributed by atoms with Gasteiger partial charge >= 0.3 is 5.97 Å². The molecule has 102 valence electrons. The Morgan fingerprint density at radius 1 is 1.50 bits per heavy atom. The number of rotatable bonds is 4. The summed E-state index contributed by atoms with van der Waals surface area (Å²) in [6, 6.07) is 0.0852. The Balaban J connectivity index is 1.96. The maximum atomic E-state index is 11.1. The summed E-state index contributed by atoms with van der Waals surface area (Å²) in [6.07, 6.45) is 1.64. The zero-order chi connectivity index (χ0) is 13.1. The van der Waals surface area contributed by atoms with E-state index in [-0.39, 0.29) is 11.7 Å². The van der Waals surface area contributed by atoms with Crippen molar-refractivity contribution in [3.63, 3.8) is 0 Å². The molecule has 0 spiro atoms. The molecule has 0 aromatic carbocycles. The maximum absolute atomic E-state index is 11.1. The van der Waals surface area contributed by atoms with Gasteiger partial charge in [-0.05, 0) is 13.8 Å². The highest BCUT2D eigenvalue weighted by atomic mass is 16.5. The fraction of sp³-hybridized carbons (Fsp3) is 0.727. The summed E-state index contributed by atoms with van der Waals surface area (Å²) < 4.78 is 5.28. The number of hydrazine groups is 2. The molecule has 0 aromatic heterocycles. The third-order valence-electron chi connectivity index (χ3n) is 2.97.